The second-order valence-corrected chi connectivity index (χ2v) is 4.29. The SMILES string of the molecule is Clc1cccc(Cl)c1C[NH2+]C1CC1. The standard InChI is InChI=1S/C10H11Cl2N/c11-9-2-1-3-10(12)8(9)6-13-7-4-5-7/h1-3,7,13H,4-6H2/p+1. The van der Waals surface area contributed by atoms with Crippen LogP contribution < -0.4 is 5.32 Å². The van der Waals surface area contributed by atoms with E-state index in [1.165, 1.54) is 12.8 Å². The zero-order chi connectivity index (χ0) is 9.26. The van der Waals surface area contributed by atoms with Crippen molar-refractivity contribution in [2.75, 3.05) is 0 Å². The third-order valence-electron chi connectivity index (χ3n) is 2.34. The van der Waals surface area contributed by atoms with E-state index in [4.69, 9.17) is 23.2 Å². The van der Waals surface area contributed by atoms with Crippen LogP contribution in [0.2, 0.25) is 10.0 Å². The van der Waals surface area contributed by atoms with Gasteiger partial charge in [0.25, 0.3) is 0 Å². The van der Waals surface area contributed by atoms with Gasteiger partial charge in [0.1, 0.15) is 6.54 Å². The molecule has 70 valence electrons. The van der Waals surface area contributed by atoms with Crippen LogP contribution in [-0.4, -0.2) is 6.04 Å². The Bertz CT molecular complexity index is 288. The average Bonchev–Trinajstić information content (AvgIpc) is 2.87. The minimum atomic E-state index is 0.782. The lowest BCUT2D eigenvalue weighted by Crippen LogP contribution is -2.84. The fraction of sp³-hybridized carbons (Fsp3) is 0.400. The molecule has 1 saturated carbocycles. The number of benzene rings is 1. The van der Waals surface area contributed by atoms with Gasteiger partial charge in [-0.25, -0.2) is 0 Å². The Morgan fingerprint density at radius 2 is 1.85 bits per heavy atom. The van der Waals surface area contributed by atoms with Crippen molar-refractivity contribution in [2.45, 2.75) is 25.4 Å². The number of halogens is 2. The first kappa shape index (κ1) is 9.32. The van der Waals surface area contributed by atoms with Crippen molar-refractivity contribution in [3.8, 4) is 0 Å². The molecule has 2 rings (SSSR count). The fourth-order valence-corrected chi connectivity index (χ4v) is 1.90. The first-order chi connectivity index (χ1) is 6.27. The van der Waals surface area contributed by atoms with Gasteiger partial charge in [-0.1, -0.05) is 29.3 Å². The van der Waals surface area contributed by atoms with Crippen LogP contribution in [0.15, 0.2) is 18.2 Å². The normalized spacial score (nSPS) is 16.2. The molecule has 1 aromatic carbocycles. The molecule has 1 aliphatic rings. The first-order valence-electron chi connectivity index (χ1n) is 4.53. The van der Waals surface area contributed by atoms with Gasteiger partial charge in [-0.3, -0.25) is 0 Å². The molecule has 3 heteroatoms. The van der Waals surface area contributed by atoms with Crippen molar-refractivity contribution >= 4 is 23.2 Å². The predicted molar refractivity (Wildman–Crippen MR) is 55.1 cm³/mol. The Morgan fingerprint density at radius 1 is 1.23 bits per heavy atom. The first-order valence-corrected chi connectivity index (χ1v) is 5.29. The van der Waals surface area contributed by atoms with Gasteiger partial charge in [0.05, 0.1) is 16.1 Å². The van der Waals surface area contributed by atoms with Gasteiger partial charge in [0, 0.05) is 18.4 Å². The van der Waals surface area contributed by atoms with Crippen LogP contribution in [-0.2, 0) is 6.54 Å². The summed E-state index contributed by atoms with van der Waals surface area (Å²) in [5, 5.41) is 3.88. The molecule has 0 aromatic heterocycles. The van der Waals surface area contributed by atoms with Crippen LogP contribution in [0.1, 0.15) is 18.4 Å². The summed E-state index contributed by atoms with van der Waals surface area (Å²) in [7, 11) is 0. The summed E-state index contributed by atoms with van der Waals surface area (Å²) in [5.41, 5.74) is 1.07. The summed E-state index contributed by atoms with van der Waals surface area (Å²) in [5.74, 6) is 0. The Morgan fingerprint density at radius 3 is 2.38 bits per heavy atom. The van der Waals surface area contributed by atoms with Gasteiger partial charge in [-0.15, -0.1) is 0 Å². The molecule has 1 aromatic rings. The van der Waals surface area contributed by atoms with E-state index in [0.29, 0.717) is 0 Å². The largest absolute Gasteiger partial charge is 0.340 e. The van der Waals surface area contributed by atoms with Gasteiger partial charge in [0.2, 0.25) is 0 Å². The molecule has 0 saturated heterocycles. The summed E-state index contributed by atoms with van der Waals surface area (Å²) in [6.07, 6.45) is 2.67. The van der Waals surface area contributed by atoms with Gasteiger partial charge >= 0.3 is 0 Å². The highest BCUT2D eigenvalue weighted by Gasteiger charge is 2.25. The third kappa shape index (κ3) is 2.37. The lowest BCUT2D eigenvalue weighted by atomic mass is 10.2. The minimum Gasteiger partial charge on any atom is -0.340 e. The summed E-state index contributed by atoms with van der Waals surface area (Å²) < 4.78 is 0. The smallest absolute Gasteiger partial charge is 0.104 e. The van der Waals surface area contributed by atoms with E-state index in [0.717, 1.165) is 28.2 Å². The maximum absolute atomic E-state index is 6.03. The van der Waals surface area contributed by atoms with Crippen LogP contribution >= 0.6 is 23.2 Å². The van der Waals surface area contributed by atoms with Crippen molar-refractivity contribution in [1.29, 1.82) is 0 Å². The molecule has 0 bridgehead atoms. The molecule has 2 N–H and O–H groups in total. The number of rotatable bonds is 3. The molecule has 0 amide bonds. The third-order valence-corrected chi connectivity index (χ3v) is 3.05. The Hall–Kier alpha value is -0.240. The quantitative estimate of drug-likeness (QED) is 0.799. The molecular weight excluding hydrogens is 205 g/mol. The van der Waals surface area contributed by atoms with Crippen LogP contribution in [0.3, 0.4) is 0 Å². The molecule has 0 unspecified atom stereocenters. The fourth-order valence-electron chi connectivity index (χ4n) is 1.34. The van der Waals surface area contributed by atoms with Crippen LogP contribution in [0, 0.1) is 0 Å². The molecule has 0 radical (unpaired) electrons. The lowest BCUT2D eigenvalue weighted by molar-refractivity contribution is -0.683. The summed E-state index contributed by atoms with van der Waals surface area (Å²) >= 11 is 12.1. The molecule has 1 nitrogen and oxygen atoms in total. The molecule has 0 heterocycles. The van der Waals surface area contributed by atoms with Gasteiger partial charge in [-0.2, -0.15) is 0 Å². The van der Waals surface area contributed by atoms with E-state index in [2.05, 4.69) is 5.32 Å². The van der Waals surface area contributed by atoms with E-state index < -0.39 is 0 Å². The van der Waals surface area contributed by atoms with Crippen molar-refractivity contribution < 1.29 is 5.32 Å². The van der Waals surface area contributed by atoms with E-state index in [1.807, 2.05) is 18.2 Å². The van der Waals surface area contributed by atoms with E-state index >= 15 is 0 Å². The molecule has 0 aliphatic heterocycles. The average molecular weight is 217 g/mol. The van der Waals surface area contributed by atoms with Crippen LogP contribution in [0.25, 0.3) is 0 Å². The molecular formula is C10H12Cl2N+. The maximum Gasteiger partial charge on any atom is 0.104 e. The Labute approximate surface area is 88.0 Å². The molecule has 0 atom stereocenters. The van der Waals surface area contributed by atoms with Crippen LogP contribution in [0.5, 0.6) is 0 Å². The molecule has 13 heavy (non-hydrogen) atoms. The molecule has 1 fully saturated rings. The zero-order valence-corrected chi connectivity index (χ0v) is 8.78. The highest BCUT2D eigenvalue weighted by atomic mass is 35.5. The number of quaternary nitrogens is 1. The van der Waals surface area contributed by atoms with Gasteiger partial charge in [-0.05, 0) is 12.1 Å². The second-order valence-electron chi connectivity index (χ2n) is 3.48. The number of hydrogen-bond acceptors (Lipinski definition) is 0. The van der Waals surface area contributed by atoms with Crippen molar-refractivity contribution in [3.05, 3.63) is 33.8 Å². The van der Waals surface area contributed by atoms with E-state index in [9.17, 15) is 0 Å². The Kier molecular flexibility index (Phi) is 2.77. The van der Waals surface area contributed by atoms with Crippen molar-refractivity contribution in [3.63, 3.8) is 0 Å². The highest BCUT2D eigenvalue weighted by Crippen LogP contribution is 2.23. The predicted octanol–water partition coefficient (Wildman–Crippen LogP) is 2.22. The number of nitrogens with two attached hydrogens (primary N) is 1. The van der Waals surface area contributed by atoms with Crippen molar-refractivity contribution in [1.82, 2.24) is 0 Å². The van der Waals surface area contributed by atoms with Gasteiger partial charge < -0.3 is 5.32 Å². The highest BCUT2D eigenvalue weighted by molar-refractivity contribution is 6.35. The van der Waals surface area contributed by atoms with E-state index in [-0.39, 0.29) is 0 Å². The van der Waals surface area contributed by atoms with Gasteiger partial charge in [0.15, 0.2) is 0 Å². The second kappa shape index (κ2) is 3.87. The topological polar surface area (TPSA) is 16.6 Å². The van der Waals surface area contributed by atoms with Crippen molar-refractivity contribution in [2.24, 2.45) is 0 Å². The molecule has 1 aliphatic carbocycles. The zero-order valence-electron chi connectivity index (χ0n) is 7.26. The van der Waals surface area contributed by atoms with Crippen LogP contribution in [0.4, 0.5) is 0 Å². The summed E-state index contributed by atoms with van der Waals surface area (Å²) in [6.45, 7) is 0.906. The Balaban J connectivity index is 2.07. The molecule has 0 spiro atoms. The monoisotopic (exact) mass is 216 g/mol. The number of hydrogen-bond donors (Lipinski definition) is 1. The summed E-state index contributed by atoms with van der Waals surface area (Å²) in [6, 6.07) is 6.48. The maximum atomic E-state index is 6.03. The summed E-state index contributed by atoms with van der Waals surface area (Å²) in [4.78, 5) is 0. The lowest BCUT2D eigenvalue weighted by Gasteiger charge is -2.04. The van der Waals surface area contributed by atoms with E-state index in [1.54, 1.807) is 0 Å². The minimum absolute atomic E-state index is 0.782.